The normalized spacial score (nSPS) is 28.5. The van der Waals surface area contributed by atoms with Gasteiger partial charge in [-0.05, 0) is 37.5 Å². The van der Waals surface area contributed by atoms with Crippen molar-refractivity contribution in [3.63, 3.8) is 0 Å². The van der Waals surface area contributed by atoms with Crippen LogP contribution in [0.3, 0.4) is 0 Å². The smallest absolute Gasteiger partial charge is 0.222 e. The van der Waals surface area contributed by atoms with Crippen LogP contribution in [-0.2, 0) is 4.79 Å². The fourth-order valence-corrected chi connectivity index (χ4v) is 5.07. The van der Waals surface area contributed by atoms with Gasteiger partial charge in [-0.15, -0.1) is 5.48 Å². The fraction of sp³-hybridized carbons (Fsp3) is 0.409. The predicted octanol–water partition coefficient (Wildman–Crippen LogP) is 2.59. The third kappa shape index (κ3) is 3.96. The average Bonchev–Trinajstić information content (AvgIpc) is 3.09. The number of ether oxygens (including phenoxy) is 1. The number of nitrogens with one attached hydrogen (secondary N) is 3. The molecule has 3 fully saturated rings. The summed E-state index contributed by atoms with van der Waals surface area (Å²) < 4.78 is 18.9. The van der Waals surface area contributed by atoms with Crippen molar-refractivity contribution in [3.05, 3.63) is 58.9 Å². The summed E-state index contributed by atoms with van der Waals surface area (Å²) in [5.41, 5.74) is 3.49. The number of rotatable bonds is 8. The number of carbonyl (C=O) groups excluding carboxylic acids is 1. The van der Waals surface area contributed by atoms with E-state index in [1.807, 2.05) is 24.3 Å². The minimum Gasteiger partial charge on any atom is -0.489 e. The number of hydrogen-bond donors (Lipinski definition) is 4. The summed E-state index contributed by atoms with van der Waals surface area (Å²) in [7, 11) is 0. The highest BCUT2D eigenvalue weighted by Crippen LogP contribution is 2.60. The van der Waals surface area contributed by atoms with Crippen LogP contribution < -0.4 is 25.7 Å². The van der Waals surface area contributed by atoms with Gasteiger partial charge in [-0.1, -0.05) is 29.8 Å². The molecule has 2 bridgehead atoms. The summed E-state index contributed by atoms with van der Waals surface area (Å²) in [6.07, 6.45) is 1.66. The van der Waals surface area contributed by atoms with Gasteiger partial charge in [0.15, 0.2) is 5.75 Å². The highest BCUT2D eigenvalue weighted by molar-refractivity contribution is 6.30. The van der Waals surface area contributed by atoms with E-state index in [0.29, 0.717) is 12.2 Å². The van der Waals surface area contributed by atoms with Gasteiger partial charge in [0.25, 0.3) is 0 Å². The Morgan fingerprint density at radius 3 is 2.84 bits per heavy atom. The molecule has 1 heterocycles. The number of para-hydroxylation sites is 1. The Hall–Kier alpha value is -2.39. The van der Waals surface area contributed by atoms with E-state index in [2.05, 4.69) is 16.1 Å². The molecule has 0 aromatic heterocycles. The van der Waals surface area contributed by atoms with Gasteiger partial charge >= 0.3 is 0 Å². The first-order chi connectivity index (χ1) is 14.9. The van der Waals surface area contributed by atoms with Gasteiger partial charge in [0.1, 0.15) is 24.4 Å². The van der Waals surface area contributed by atoms with Crippen LogP contribution >= 0.6 is 11.6 Å². The Labute approximate surface area is 183 Å². The first kappa shape index (κ1) is 20.5. The summed E-state index contributed by atoms with van der Waals surface area (Å²) in [5.74, 6) is 0.461. The monoisotopic (exact) mass is 447 g/mol. The van der Waals surface area contributed by atoms with Crippen molar-refractivity contribution in [1.82, 2.24) is 16.1 Å². The highest BCUT2D eigenvalue weighted by Gasteiger charge is 2.68. The number of halogens is 2. The minimum absolute atomic E-state index is 0.0189. The third-order valence-corrected chi connectivity index (χ3v) is 6.51. The number of aliphatic hydroxyl groups is 1. The Morgan fingerprint density at radius 1 is 1.29 bits per heavy atom. The number of fused-ring (bicyclic) bond motifs is 1. The number of hydroxylamine groups is 1. The molecule has 1 amide bonds. The van der Waals surface area contributed by atoms with E-state index in [4.69, 9.17) is 21.2 Å². The first-order valence-electron chi connectivity index (χ1n) is 10.2. The summed E-state index contributed by atoms with van der Waals surface area (Å²) >= 11 is 5.65. The zero-order valence-corrected chi connectivity index (χ0v) is 17.4. The second kappa shape index (κ2) is 7.63. The van der Waals surface area contributed by atoms with E-state index in [-0.39, 0.29) is 34.7 Å². The number of carbonyl (C=O) groups is 1. The second-order valence-corrected chi connectivity index (χ2v) is 9.11. The number of hydrogen-bond acceptors (Lipinski definition) is 6. The number of benzene rings is 2. The van der Waals surface area contributed by atoms with Crippen LogP contribution in [0.4, 0.5) is 4.39 Å². The highest BCUT2D eigenvalue weighted by atomic mass is 35.5. The first-order valence-corrected chi connectivity index (χ1v) is 10.6. The zero-order valence-electron chi connectivity index (χ0n) is 16.7. The third-order valence-electron chi connectivity index (χ3n) is 6.20. The number of amides is 1. The van der Waals surface area contributed by atoms with Gasteiger partial charge in [0.2, 0.25) is 5.91 Å². The molecule has 0 radical (unpaired) electrons. The Balaban J connectivity index is 1.06. The molecule has 2 aromatic carbocycles. The SMILES string of the molecule is O=C(CC1NOc2ccccc21)NC12CC(NC(O)COc3ccc(Cl)c(F)c3)(C1)C2. The lowest BCUT2D eigenvalue weighted by molar-refractivity contribution is -0.151. The van der Waals surface area contributed by atoms with Gasteiger partial charge in [-0.2, -0.15) is 0 Å². The topological polar surface area (TPSA) is 91.9 Å². The summed E-state index contributed by atoms with van der Waals surface area (Å²) in [6.45, 7) is -0.0189. The van der Waals surface area contributed by atoms with Crippen LogP contribution in [0.5, 0.6) is 11.5 Å². The van der Waals surface area contributed by atoms with E-state index in [9.17, 15) is 14.3 Å². The van der Waals surface area contributed by atoms with Crippen molar-refractivity contribution in [2.75, 3.05) is 6.61 Å². The molecule has 3 aliphatic carbocycles. The van der Waals surface area contributed by atoms with Crippen molar-refractivity contribution in [2.24, 2.45) is 0 Å². The largest absolute Gasteiger partial charge is 0.489 e. The standard InChI is InChI=1S/C22H23ClFN3O4/c23-15-6-5-13(7-16(15)24)30-9-20(29)26-22-10-21(11-22,12-22)25-19(28)8-17-14-3-1-2-4-18(14)31-27-17/h1-7,17,20,26-27,29H,8-12H2,(H,25,28). The Bertz CT molecular complexity index is 1000. The fourth-order valence-electron chi connectivity index (χ4n) is 4.95. The molecule has 7 nitrogen and oxygen atoms in total. The van der Waals surface area contributed by atoms with Crippen LogP contribution in [0, 0.1) is 5.82 Å². The predicted molar refractivity (Wildman–Crippen MR) is 111 cm³/mol. The zero-order chi connectivity index (χ0) is 21.6. The van der Waals surface area contributed by atoms with E-state index >= 15 is 0 Å². The van der Waals surface area contributed by atoms with Crippen LogP contribution in [0.15, 0.2) is 42.5 Å². The second-order valence-electron chi connectivity index (χ2n) is 8.70. The lowest BCUT2D eigenvalue weighted by Gasteiger charge is -2.71. The van der Waals surface area contributed by atoms with E-state index in [0.717, 1.165) is 30.6 Å². The van der Waals surface area contributed by atoms with Gasteiger partial charge in [0, 0.05) is 29.1 Å². The van der Waals surface area contributed by atoms with Crippen molar-refractivity contribution < 1.29 is 23.9 Å². The molecule has 4 aliphatic rings. The van der Waals surface area contributed by atoms with Crippen molar-refractivity contribution in [1.29, 1.82) is 0 Å². The van der Waals surface area contributed by atoms with E-state index in [1.165, 1.54) is 12.1 Å². The van der Waals surface area contributed by atoms with Crippen molar-refractivity contribution in [3.8, 4) is 11.5 Å². The van der Waals surface area contributed by atoms with Crippen LogP contribution in [-0.4, -0.2) is 34.9 Å². The molecule has 2 unspecified atom stereocenters. The van der Waals surface area contributed by atoms with Gasteiger partial charge in [0.05, 0.1) is 11.1 Å². The molecular formula is C22H23ClFN3O4. The average molecular weight is 448 g/mol. The molecule has 1 aliphatic heterocycles. The molecule has 9 heteroatoms. The van der Waals surface area contributed by atoms with E-state index < -0.39 is 12.0 Å². The van der Waals surface area contributed by atoms with Gasteiger partial charge in [-0.3, -0.25) is 10.1 Å². The molecule has 2 aromatic rings. The van der Waals surface area contributed by atoms with Gasteiger partial charge < -0.3 is 20.0 Å². The van der Waals surface area contributed by atoms with Crippen molar-refractivity contribution in [2.45, 2.75) is 49.0 Å². The minimum atomic E-state index is -0.899. The lowest BCUT2D eigenvalue weighted by atomic mass is 9.44. The maximum atomic E-state index is 13.5. The summed E-state index contributed by atoms with van der Waals surface area (Å²) in [6, 6.07) is 11.6. The lowest BCUT2D eigenvalue weighted by Crippen LogP contribution is -2.84. The molecule has 0 saturated heterocycles. The maximum absolute atomic E-state index is 13.5. The molecule has 164 valence electrons. The Morgan fingerprint density at radius 2 is 2.06 bits per heavy atom. The van der Waals surface area contributed by atoms with Crippen LogP contribution in [0.1, 0.15) is 37.3 Å². The molecule has 2 atom stereocenters. The quantitative estimate of drug-likeness (QED) is 0.465. The molecule has 6 rings (SSSR count). The molecular weight excluding hydrogens is 425 g/mol. The number of aliphatic hydroxyl groups excluding tert-OH is 1. The van der Waals surface area contributed by atoms with Crippen LogP contribution in [0.25, 0.3) is 0 Å². The van der Waals surface area contributed by atoms with Crippen molar-refractivity contribution >= 4 is 17.5 Å². The molecule has 3 saturated carbocycles. The molecule has 31 heavy (non-hydrogen) atoms. The maximum Gasteiger partial charge on any atom is 0.222 e. The Kier molecular flexibility index (Phi) is 5.05. The molecule has 4 N–H and O–H groups in total. The summed E-state index contributed by atoms with van der Waals surface area (Å²) in [4.78, 5) is 18.0. The molecule has 0 spiro atoms. The summed E-state index contributed by atoms with van der Waals surface area (Å²) in [5, 5.41) is 16.6. The van der Waals surface area contributed by atoms with Gasteiger partial charge in [-0.25, -0.2) is 4.39 Å². The van der Waals surface area contributed by atoms with Crippen LogP contribution in [0.2, 0.25) is 5.02 Å². The van der Waals surface area contributed by atoms with E-state index in [1.54, 1.807) is 6.07 Å².